The van der Waals surface area contributed by atoms with Crippen LogP contribution in [0.15, 0.2) is 60.7 Å². The maximum absolute atomic E-state index is 14.5. The van der Waals surface area contributed by atoms with Gasteiger partial charge in [0.1, 0.15) is 11.4 Å². The number of phenolic OH excluding ortho intramolecular Hbond substituents is 2. The van der Waals surface area contributed by atoms with Crippen molar-refractivity contribution in [1.29, 1.82) is 0 Å². The van der Waals surface area contributed by atoms with E-state index in [9.17, 15) is 23.8 Å². The molecule has 0 spiro atoms. The van der Waals surface area contributed by atoms with E-state index in [2.05, 4.69) is 50.0 Å². The van der Waals surface area contributed by atoms with Crippen LogP contribution in [0.5, 0.6) is 11.5 Å². The van der Waals surface area contributed by atoms with Gasteiger partial charge in [-0.1, -0.05) is 26.0 Å². The fourth-order valence-corrected chi connectivity index (χ4v) is 10.9. The highest BCUT2D eigenvalue weighted by Gasteiger charge is 2.44. The van der Waals surface area contributed by atoms with E-state index in [1.807, 2.05) is 50.2 Å². The fraction of sp³-hybridized carbons (Fsp3) is 0.327. The maximum Gasteiger partial charge on any atom is 0.322 e. The molecule has 17 heteroatoms. The largest absolute Gasteiger partial charge is 0.505 e. The molecule has 2 atom stereocenters. The van der Waals surface area contributed by atoms with E-state index >= 15 is 0 Å². The zero-order valence-corrected chi connectivity index (χ0v) is 36.5. The van der Waals surface area contributed by atoms with Crippen LogP contribution in [0.2, 0.25) is 0 Å². The van der Waals surface area contributed by atoms with Gasteiger partial charge in [0, 0.05) is 50.0 Å². The van der Waals surface area contributed by atoms with Gasteiger partial charge in [-0.25, -0.2) is 23.5 Å². The summed E-state index contributed by atoms with van der Waals surface area (Å²) < 4.78 is 28.8. The van der Waals surface area contributed by atoms with Gasteiger partial charge in [-0.2, -0.15) is 10.2 Å². The summed E-state index contributed by atoms with van der Waals surface area (Å²) >= 11 is 0. The molecular weight excluding hydrogens is 843 g/mol. The number of phenols is 2. The van der Waals surface area contributed by atoms with Gasteiger partial charge in [0.15, 0.2) is 34.8 Å². The first-order valence-electron chi connectivity index (χ1n) is 22.8. The summed E-state index contributed by atoms with van der Waals surface area (Å²) in [6, 6.07) is 17.6. The Balaban J connectivity index is 0.708. The topological polar surface area (TPSA) is 185 Å². The van der Waals surface area contributed by atoms with Crippen LogP contribution in [-0.2, 0) is 39.0 Å². The van der Waals surface area contributed by atoms with Crippen LogP contribution in [0, 0.1) is 11.6 Å². The van der Waals surface area contributed by atoms with Gasteiger partial charge < -0.3 is 30.0 Å². The fourth-order valence-electron chi connectivity index (χ4n) is 10.9. The molecule has 0 aliphatic carbocycles. The lowest BCUT2D eigenvalue weighted by Gasteiger charge is -2.38. The minimum atomic E-state index is -0.651. The third-order valence-corrected chi connectivity index (χ3v) is 14.2. The van der Waals surface area contributed by atoms with Crippen molar-refractivity contribution in [3.05, 3.63) is 106 Å². The lowest BCUT2D eigenvalue weighted by Crippen LogP contribution is -2.54. The molecule has 8 aromatic rings. The number of carbonyl (C=O) groups excluding carboxylic acids is 1. The summed E-state index contributed by atoms with van der Waals surface area (Å²) in [4.78, 5) is 40.4. The van der Waals surface area contributed by atoms with Gasteiger partial charge in [-0.05, 0) is 120 Å². The van der Waals surface area contributed by atoms with Crippen LogP contribution in [0.25, 0.3) is 67.1 Å². The lowest BCUT2D eigenvalue weighted by atomic mass is 9.96. The molecule has 2 amide bonds. The number of aromatic hydroxyl groups is 2. The Labute approximate surface area is 377 Å². The summed E-state index contributed by atoms with van der Waals surface area (Å²) in [5.41, 5.74) is 11.8. The highest BCUT2D eigenvalue weighted by Crippen LogP contribution is 2.39. The number of amides is 2. The number of H-pyrrole nitrogens is 4. The number of fused-ring (bicyclic) bond motifs is 4. The predicted octanol–water partition coefficient (Wildman–Crippen LogP) is 8.66. The van der Waals surface area contributed by atoms with Gasteiger partial charge in [-0.3, -0.25) is 20.0 Å². The molecule has 8 heterocycles. The van der Waals surface area contributed by atoms with E-state index in [-0.39, 0.29) is 29.9 Å². The number of imidazole rings is 2. The molecule has 4 aliphatic rings. The molecule has 15 nitrogen and oxygen atoms in total. The van der Waals surface area contributed by atoms with Crippen LogP contribution in [-0.4, -0.2) is 102 Å². The van der Waals surface area contributed by atoms with Crippen LogP contribution < -0.4 is 0 Å². The van der Waals surface area contributed by atoms with E-state index in [1.165, 1.54) is 24.3 Å². The molecule has 0 bridgehead atoms. The standard InChI is InChI=1S/C49H48F2N12O3/c1-3-25-17-41(64)33(50)19-31(25)27-9-11-29-35(15-27)56-58-45(29)47-52-37-21-60(22-38(37)53-47)43-7-5-13-62(43)49(66)63-14-6-8-44(63)61-23-39-40(24-61)55-48(54-39)46-30-12-10-28(16-36(30)57-59-46)32-20-34(51)42(65)18-26(32)4-2/h9-12,15-20,43-44,64-65H,3-8,13-14,21-24H2,1-2H3,(H,52,53)(H,54,55)(H,56,58)(H,57,59). The average Bonchev–Trinajstić information content (AvgIpc) is 4.17. The van der Waals surface area contributed by atoms with Crippen LogP contribution in [0.1, 0.15) is 73.4 Å². The van der Waals surface area contributed by atoms with Crippen molar-refractivity contribution in [1.82, 2.24) is 59.9 Å². The summed E-state index contributed by atoms with van der Waals surface area (Å²) in [7, 11) is 0. The number of hydrogen-bond acceptors (Lipinski definition) is 9. The smallest absolute Gasteiger partial charge is 0.322 e. The Morgan fingerprint density at radius 2 is 1.11 bits per heavy atom. The van der Waals surface area contributed by atoms with E-state index in [1.54, 1.807) is 0 Å². The van der Waals surface area contributed by atoms with E-state index < -0.39 is 11.6 Å². The third-order valence-electron chi connectivity index (χ3n) is 14.2. The Morgan fingerprint density at radius 1 is 0.652 bits per heavy atom. The first-order chi connectivity index (χ1) is 32.1. The minimum Gasteiger partial charge on any atom is -0.505 e. The molecule has 6 N–H and O–H groups in total. The van der Waals surface area contributed by atoms with Crippen molar-refractivity contribution in [2.24, 2.45) is 0 Å². The number of benzene rings is 4. The maximum atomic E-state index is 14.5. The number of urea groups is 1. The number of hydrogen-bond donors (Lipinski definition) is 6. The molecule has 2 fully saturated rings. The minimum absolute atomic E-state index is 0.0292. The van der Waals surface area contributed by atoms with Crippen molar-refractivity contribution in [3.8, 4) is 56.8 Å². The number of nitrogens with one attached hydrogen (secondary N) is 4. The number of nitrogens with zero attached hydrogens (tertiary/aromatic N) is 8. The van der Waals surface area contributed by atoms with Crippen molar-refractivity contribution >= 4 is 27.8 Å². The number of carbonyl (C=O) groups is 1. The third kappa shape index (κ3) is 6.54. The summed E-state index contributed by atoms with van der Waals surface area (Å²) in [5, 5.41) is 37.2. The summed E-state index contributed by atoms with van der Waals surface area (Å²) in [5.74, 6) is -0.634. The molecule has 2 saturated heterocycles. The number of halogens is 2. The van der Waals surface area contributed by atoms with Gasteiger partial charge in [0.25, 0.3) is 0 Å². The monoisotopic (exact) mass is 890 g/mol. The zero-order chi connectivity index (χ0) is 45.0. The Hall–Kier alpha value is -7.11. The highest BCUT2D eigenvalue weighted by atomic mass is 19.1. The molecule has 2 unspecified atom stereocenters. The molecule has 66 heavy (non-hydrogen) atoms. The highest BCUT2D eigenvalue weighted by molar-refractivity contribution is 5.95. The number of rotatable bonds is 8. The van der Waals surface area contributed by atoms with Crippen molar-refractivity contribution in [3.63, 3.8) is 0 Å². The van der Waals surface area contributed by atoms with Crippen molar-refractivity contribution < 1.29 is 23.8 Å². The Kier molecular flexibility index (Phi) is 9.50. The van der Waals surface area contributed by atoms with Crippen molar-refractivity contribution in [2.75, 3.05) is 13.1 Å². The zero-order valence-electron chi connectivity index (χ0n) is 36.5. The van der Waals surface area contributed by atoms with E-state index in [0.717, 1.165) is 104 Å². The van der Waals surface area contributed by atoms with E-state index in [4.69, 9.17) is 9.97 Å². The first-order valence-corrected chi connectivity index (χ1v) is 22.8. The molecule has 0 saturated carbocycles. The second kappa shape index (κ2) is 15.5. The molecule has 4 aliphatic heterocycles. The normalized spacial score (nSPS) is 18.7. The second-order valence-corrected chi connectivity index (χ2v) is 18.0. The SMILES string of the molecule is CCc1cc(O)c(F)cc1-c1ccc2c(-c3nc4c([nH]3)CN(C3CCCN3C(=O)N3CCCC3N3Cc5nc(-c6n[nH]c7cc(-c8cc(F)c(O)cc8CC)ccc67)[nH]c5C3)C4)n[nH]c2c1. The van der Waals surface area contributed by atoms with Crippen LogP contribution in [0.4, 0.5) is 13.6 Å². The summed E-state index contributed by atoms with van der Waals surface area (Å²) in [6.07, 6.45) is 4.92. The van der Waals surface area contributed by atoms with Gasteiger partial charge >= 0.3 is 6.03 Å². The lowest BCUT2D eigenvalue weighted by molar-refractivity contribution is 0.0413. The number of likely N-dealkylation sites (tertiary alicyclic amines) is 2. The molecule has 12 rings (SSSR count). The number of aromatic nitrogens is 8. The van der Waals surface area contributed by atoms with Crippen LogP contribution >= 0.6 is 0 Å². The quantitative estimate of drug-likeness (QED) is 0.0869. The Bertz CT molecular complexity index is 2980. The molecule has 0 radical (unpaired) electrons. The predicted molar refractivity (Wildman–Crippen MR) is 244 cm³/mol. The van der Waals surface area contributed by atoms with Gasteiger partial charge in [0.2, 0.25) is 0 Å². The van der Waals surface area contributed by atoms with Crippen LogP contribution in [0.3, 0.4) is 0 Å². The molecular formula is C49H48F2N12O3. The first kappa shape index (κ1) is 40.4. The molecule has 4 aromatic heterocycles. The van der Waals surface area contributed by atoms with E-state index in [0.29, 0.717) is 75.1 Å². The number of aryl methyl sites for hydroxylation is 2. The van der Waals surface area contributed by atoms with Gasteiger partial charge in [-0.15, -0.1) is 0 Å². The second-order valence-electron chi connectivity index (χ2n) is 18.0. The van der Waals surface area contributed by atoms with Crippen molar-refractivity contribution in [2.45, 2.75) is 90.9 Å². The van der Waals surface area contributed by atoms with Gasteiger partial charge in [0.05, 0.1) is 46.1 Å². The molecule has 4 aromatic carbocycles. The Morgan fingerprint density at radius 3 is 1.53 bits per heavy atom. The summed E-state index contributed by atoms with van der Waals surface area (Å²) in [6.45, 7) is 7.93. The average molecular weight is 891 g/mol. The number of aromatic amines is 4. The molecule has 336 valence electrons.